The van der Waals surface area contributed by atoms with Crippen LogP contribution in [0.4, 0.5) is 4.39 Å². The Morgan fingerprint density at radius 2 is 2.15 bits per heavy atom. The molecule has 0 saturated carbocycles. The predicted octanol–water partition coefficient (Wildman–Crippen LogP) is 3.33. The summed E-state index contributed by atoms with van der Waals surface area (Å²) < 4.78 is 13.6. The van der Waals surface area contributed by atoms with Gasteiger partial charge in [-0.3, -0.25) is 4.90 Å². The molecule has 110 valence electrons. The quantitative estimate of drug-likeness (QED) is 0.867. The molecule has 1 saturated heterocycles. The molecule has 1 aliphatic heterocycles. The smallest absolute Gasteiger partial charge is 0.133 e. The molecule has 2 rings (SSSR count). The lowest BCUT2D eigenvalue weighted by Gasteiger charge is -2.27. The summed E-state index contributed by atoms with van der Waals surface area (Å²) in [6.45, 7) is 9.92. The first-order chi connectivity index (χ1) is 9.27. The third kappa shape index (κ3) is 3.55. The number of nitrogens with zero attached hydrogens (tertiary/aromatic N) is 1. The van der Waals surface area contributed by atoms with Crippen molar-refractivity contribution in [2.45, 2.75) is 33.7 Å². The van der Waals surface area contributed by atoms with Gasteiger partial charge in [-0.15, -0.1) is 0 Å². The number of thiocarbonyl (C=S) groups is 1. The highest BCUT2D eigenvalue weighted by Gasteiger charge is 2.31. The van der Waals surface area contributed by atoms with Crippen molar-refractivity contribution >= 4 is 17.2 Å². The molecule has 1 unspecified atom stereocenters. The van der Waals surface area contributed by atoms with Crippen LogP contribution in [0.25, 0.3) is 0 Å². The van der Waals surface area contributed by atoms with E-state index in [2.05, 4.69) is 25.7 Å². The second kappa shape index (κ2) is 5.78. The Balaban J connectivity index is 2.05. The normalized spacial score (nSPS) is 20.3. The highest BCUT2D eigenvalue weighted by Crippen LogP contribution is 2.34. The number of likely N-dealkylation sites (tertiary alicyclic amines) is 1. The number of hydrogen-bond donors (Lipinski definition) is 1. The van der Waals surface area contributed by atoms with E-state index in [9.17, 15) is 4.39 Å². The minimum absolute atomic E-state index is 0.123. The molecule has 1 aromatic carbocycles. The number of benzene rings is 1. The molecule has 4 heteroatoms. The zero-order valence-corrected chi connectivity index (χ0v) is 13.3. The van der Waals surface area contributed by atoms with E-state index < -0.39 is 0 Å². The highest BCUT2D eigenvalue weighted by molar-refractivity contribution is 7.80. The highest BCUT2D eigenvalue weighted by atomic mass is 32.1. The van der Waals surface area contributed by atoms with Crippen molar-refractivity contribution in [2.24, 2.45) is 17.1 Å². The van der Waals surface area contributed by atoms with Gasteiger partial charge in [0.1, 0.15) is 10.8 Å². The van der Waals surface area contributed by atoms with Gasteiger partial charge in [-0.2, -0.15) is 0 Å². The Morgan fingerprint density at radius 3 is 2.70 bits per heavy atom. The van der Waals surface area contributed by atoms with Gasteiger partial charge < -0.3 is 5.73 Å². The Bertz CT molecular complexity index is 508. The molecular weight excluding hydrogens is 271 g/mol. The summed E-state index contributed by atoms with van der Waals surface area (Å²) in [6.07, 6.45) is 1.23. The second-order valence-electron chi connectivity index (χ2n) is 6.77. The molecular formula is C16H23FN2S. The van der Waals surface area contributed by atoms with E-state index in [4.69, 9.17) is 18.0 Å². The van der Waals surface area contributed by atoms with Crippen LogP contribution >= 0.6 is 12.2 Å². The minimum atomic E-state index is -0.338. The lowest BCUT2D eigenvalue weighted by molar-refractivity contribution is 0.226. The van der Waals surface area contributed by atoms with Crippen molar-refractivity contribution in [3.8, 4) is 0 Å². The van der Waals surface area contributed by atoms with E-state index >= 15 is 0 Å². The molecule has 1 fully saturated rings. The molecule has 2 N–H and O–H groups in total. The Kier molecular flexibility index (Phi) is 4.45. The van der Waals surface area contributed by atoms with Gasteiger partial charge in [0.15, 0.2) is 0 Å². The molecule has 0 spiro atoms. The molecule has 0 radical (unpaired) electrons. The first-order valence-corrected chi connectivity index (χ1v) is 7.49. The third-order valence-electron chi connectivity index (χ3n) is 4.20. The van der Waals surface area contributed by atoms with E-state index in [1.807, 2.05) is 6.07 Å². The summed E-state index contributed by atoms with van der Waals surface area (Å²) in [5, 5.41) is 0. The maximum atomic E-state index is 13.6. The van der Waals surface area contributed by atoms with Crippen LogP contribution < -0.4 is 5.73 Å². The molecule has 1 heterocycles. The van der Waals surface area contributed by atoms with Gasteiger partial charge in [-0.1, -0.05) is 39.1 Å². The topological polar surface area (TPSA) is 29.3 Å². The van der Waals surface area contributed by atoms with E-state index in [1.54, 1.807) is 6.07 Å². The Labute approximate surface area is 126 Å². The van der Waals surface area contributed by atoms with Crippen molar-refractivity contribution in [1.82, 2.24) is 4.90 Å². The maximum Gasteiger partial charge on any atom is 0.133 e. The Hall–Kier alpha value is -1.00. The van der Waals surface area contributed by atoms with Crippen molar-refractivity contribution in [3.63, 3.8) is 0 Å². The van der Waals surface area contributed by atoms with Crippen molar-refractivity contribution in [2.75, 3.05) is 13.1 Å². The maximum absolute atomic E-state index is 13.6. The number of halogens is 1. The number of hydrogen-bond acceptors (Lipinski definition) is 2. The van der Waals surface area contributed by atoms with Gasteiger partial charge in [-0.25, -0.2) is 4.39 Å². The van der Waals surface area contributed by atoms with Gasteiger partial charge >= 0.3 is 0 Å². The average Bonchev–Trinajstić information content (AvgIpc) is 2.79. The van der Waals surface area contributed by atoms with Crippen molar-refractivity contribution in [3.05, 3.63) is 35.1 Å². The van der Waals surface area contributed by atoms with E-state index in [-0.39, 0.29) is 10.8 Å². The molecule has 0 aromatic heterocycles. The summed E-state index contributed by atoms with van der Waals surface area (Å²) in [4.78, 5) is 2.55. The van der Waals surface area contributed by atoms with Gasteiger partial charge in [-0.05, 0) is 42.0 Å². The fourth-order valence-corrected chi connectivity index (χ4v) is 2.96. The number of rotatable bonds is 3. The molecule has 2 nitrogen and oxygen atoms in total. The lowest BCUT2D eigenvalue weighted by atomic mass is 9.80. The first-order valence-electron chi connectivity index (χ1n) is 7.08. The average molecular weight is 294 g/mol. The molecule has 0 aliphatic carbocycles. The zero-order chi connectivity index (χ0) is 14.9. The van der Waals surface area contributed by atoms with Crippen LogP contribution in [0.5, 0.6) is 0 Å². The van der Waals surface area contributed by atoms with E-state index in [0.29, 0.717) is 11.0 Å². The third-order valence-corrected chi connectivity index (χ3v) is 4.42. The van der Waals surface area contributed by atoms with Gasteiger partial charge in [0, 0.05) is 18.7 Å². The van der Waals surface area contributed by atoms with Crippen LogP contribution in [-0.2, 0) is 6.54 Å². The van der Waals surface area contributed by atoms with Gasteiger partial charge in [0.25, 0.3) is 0 Å². The second-order valence-corrected chi connectivity index (χ2v) is 7.21. The monoisotopic (exact) mass is 294 g/mol. The molecule has 1 aromatic rings. The Morgan fingerprint density at radius 1 is 1.45 bits per heavy atom. The van der Waals surface area contributed by atoms with Crippen molar-refractivity contribution < 1.29 is 4.39 Å². The summed E-state index contributed by atoms with van der Waals surface area (Å²) in [5.41, 5.74) is 7.32. The summed E-state index contributed by atoms with van der Waals surface area (Å²) >= 11 is 4.88. The molecule has 1 aliphatic rings. The standard InChI is InChI=1S/C16H23FN2S/c1-16(2,3)12-6-7-19(10-12)9-11-4-5-14(17)13(8-11)15(18)20/h4-5,8,12H,6-7,9-10H2,1-3H3,(H2,18,20). The first kappa shape index (κ1) is 15.4. The lowest BCUT2D eigenvalue weighted by Crippen LogP contribution is -2.26. The molecule has 0 amide bonds. The van der Waals surface area contributed by atoms with E-state index in [0.717, 1.165) is 31.1 Å². The van der Waals surface area contributed by atoms with Crippen LogP contribution in [0.2, 0.25) is 0 Å². The number of nitrogens with two attached hydrogens (primary N) is 1. The molecule has 1 atom stereocenters. The zero-order valence-electron chi connectivity index (χ0n) is 12.4. The van der Waals surface area contributed by atoms with Crippen LogP contribution in [0.15, 0.2) is 18.2 Å². The SMILES string of the molecule is CC(C)(C)C1CCN(Cc2ccc(F)c(C(N)=S)c2)C1. The summed E-state index contributed by atoms with van der Waals surface area (Å²) in [6, 6.07) is 5.06. The van der Waals surface area contributed by atoms with E-state index in [1.165, 1.54) is 12.5 Å². The molecule has 20 heavy (non-hydrogen) atoms. The van der Waals surface area contributed by atoms with Crippen LogP contribution in [0.1, 0.15) is 38.3 Å². The van der Waals surface area contributed by atoms with Gasteiger partial charge in [0.2, 0.25) is 0 Å². The minimum Gasteiger partial charge on any atom is -0.389 e. The van der Waals surface area contributed by atoms with Crippen LogP contribution in [0, 0.1) is 17.2 Å². The van der Waals surface area contributed by atoms with Crippen LogP contribution in [0.3, 0.4) is 0 Å². The molecule has 0 bridgehead atoms. The summed E-state index contributed by atoms with van der Waals surface area (Å²) in [7, 11) is 0. The fraction of sp³-hybridized carbons (Fsp3) is 0.562. The fourth-order valence-electron chi connectivity index (χ4n) is 2.80. The van der Waals surface area contributed by atoms with Crippen molar-refractivity contribution in [1.29, 1.82) is 0 Å². The summed E-state index contributed by atoms with van der Waals surface area (Å²) in [5.74, 6) is 0.383. The predicted molar refractivity (Wildman–Crippen MR) is 85.1 cm³/mol. The van der Waals surface area contributed by atoms with Crippen LogP contribution in [-0.4, -0.2) is 23.0 Å². The largest absolute Gasteiger partial charge is 0.389 e. The van der Waals surface area contributed by atoms with Gasteiger partial charge in [0.05, 0.1) is 0 Å².